The minimum absolute atomic E-state index is 0.318. The maximum Gasteiger partial charge on any atom is 0.407 e. The average molecular weight is 310 g/mol. The van der Waals surface area contributed by atoms with E-state index in [1.807, 2.05) is 32.5 Å². The van der Waals surface area contributed by atoms with Crippen LogP contribution in [0.2, 0.25) is 0 Å². The first-order valence-electron chi connectivity index (χ1n) is 7.48. The van der Waals surface area contributed by atoms with Crippen LogP contribution in [-0.4, -0.2) is 64.1 Å². The van der Waals surface area contributed by atoms with Gasteiger partial charge in [0.1, 0.15) is 5.69 Å². The van der Waals surface area contributed by atoms with Gasteiger partial charge in [0.2, 0.25) is 0 Å². The number of nitrogens with zero attached hydrogens (tertiary/aromatic N) is 4. The van der Waals surface area contributed by atoms with Crippen LogP contribution in [0.15, 0.2) is 0 Å². The Kier molecular flexibility index (Phi) is 4.50. The molecule has 1 aliphatic heterocycles. The highest BCUT2D eigenvalue weighted by Gasteiger charge is 2.26. The predicted molar refractivity (Wildman–Crippen MR) is 86.5 cm³/mol. The lowest BCUT2D eigenvalue weighted by atomic mass is 10.1. The molecule has 0 bridgehead atoms. The molecular formula is C14H26N6O2. The number of nitrogens with one attached hydrogen (secondary N) is 1. The summed E-state index contributed by atoms with van der Waals surface area (Å²) in [4.78, 5) is 14.6. The summed E-state index contributed by atoms with van der Waals surface area (Å²) in [6.45, 7) is 8.86. The van der Waals surface area contributed by atoms with E-state index >= 15 is 0 Å². The van der Waals surface area contributed by atoms with Gasteiger partial charge in [0.15, 0.2) is 5.82 Å². The van der Waals surface area contributed by atoms with E-state index in [0.717, 1.165) is 17.2 Å². The molecule has 0 aliphatic carbocycles. The second kappa shape index (κ2) is 6.04. The summed E-state index contributed by atoms with van der Waals surface area (Å²) in [5.41, 5.74) is 7.75. The topological polar surface area (TPSA) is 99.7 Å². The van der Waals surface area contributed by atoms with Crippen LogP contribution >= 0.6 is 0 Å². The smallest absolute Gasteiger partial charge is 0.407 e. The maximum absolute atomic E-state index is 11.0. The Bertz CT molecular complexity index is 540. The molecule has 8 heteroatoms. The van der Waals surface area contributed by atoms with Crippen molar-refractivity contribution in [2.24, 2.45) is 12.8 Å². The summed E-state index contributed by atoms with van der Waals surface area (Å²) in [7, 11) is 1.91. The van der Waals surface area contributed by atoms with E-state index in [-0.39, 0.29) is 5.54 Å². The lowest BCUT2D eigenvalue weighted by Gasteiger charge is -2.34. The van der Waals surface area contributed by atoms with Crippen molar-refractivity contribution in [1.82, 2.24) is 14.7 Å². The molecule has 1 amide bonds. The van der Waals surface area contributed by atoms with Crippen molar-refractivity contribution in [1.29, 1.82) is 0 Å². The summed E-state index contributed by atoms with van der Waals surface area (Å²) < 4.78 is 1.84. The Balaban J connectivity index is 2.14. The molecule has 8 nitrogen and oxygen atoms in total. The molecule has 22 heavy (non-hydrogen) atoms. The van der Waals surface area contributed by atoms with Crippen LogP contribution in [0.4, 0.5) is 16.3 Å². The molecule has 1 aromatic heterocycles. The third-order valence-electron chi connectivity index (χ3n) is 3.89. The van der Waals surface area contributed by atoms with Crippen LogP contribution in [0.25, 0.3) is 0 Å². The van der Waals surface area contributed by atoms with Crippen molar-refractivity contribution in [2.45, 2.75) is 26.3 Å². The minimum Gasteiger partial charge on any atom is -0.465 e. The van der Waals surface area contributed by atoms with Crippen molar-refractivity contribution in [3.05, 3.63) is 5.69 Å². The van der Waals surface area contributed by atoms with Crippen molar-refractivity contribution in [3.63, 3.8) is 0 Å². The first-order chi connectivity index (χ1) is 10.2. The number of amides is 1. The molecule has 2 heterocycles. The summed E-state index contributed by atoms with van der Waals surface area (Å²) in [5, 5.41) is 17.0. The Labute approximate surface area is 130 Å². The van der Waals surface area contributed by atoms with Gasteiger partial charge in [-0.2, -0.15) is 5.10 Å². The number of anilines is 2. The number of hydrogen-bond acceptors (Lipinski definition) is 5. The summed E-state index contributed by atoms with van der Waals surface area (Å²) >= 11 is 0. The molecular weight excluding hydrogens is 284 g/mol. The van der Waals surface area contributed by atoms with E-state index in [2.05, 4.69) is 15.3 Å². The maximum atomic E-state index is 11.0. The van der Waals surface area contributed by atoms with E-state index in [4.69, 9.17) is 10.8 Å². The Morgan fingerprint density at radius 2 is 1.95 bits per heavy atom. The highest BCUT2D eigenvalue weighted by atomic mass is 16.4. The molecule has 0 aromatic carbocycles. The fourth-order valence-corrected chi connectivity index (χ4v) is 2.44. The fraction of sp³-hybridized carbons (Fsp3) is 0.714. The molecule has 4 N–H and O–H groups in total. The first-order valence-corrected chi connectivity index (χ1v) is 7.48. The van der Waals surface area contributed by atoms with Gasteiger partial charge in [-0.15, -0.1) is 0 Å². The molecule has 0 atom stereocenters. The van der Waals surface area contributed by atoms with Crippen molar-refractivity contribution in [3.8, 4) is 0 Å². The molecule has 0 spiro atoms. The van der Waals surface area contributed by atoms with Crippen LogP contribution in [0, 0.1) is 6.92 Å². The van der Waals surface area contributed by atoms with Crippen LogP contribution in [0.5, 0.6) is 0 Å². The third kappa shape index (κ3) is 3.62. The summed E-state index contributed by atoms with van der Waals surface area (Å²) in [5.74, 6) is 0.870. The molecule has 0 unspecified atom stereocenters. The quantitative estimate of drug-likeness (QED) is 0.756. The zero-order valence-corrected chi connectivity index (χ0v) is 13.8. The molecule has 2 rings (SSSR count). The van der Waals surface area contributed by atoms with Gasteiger partial charge in [0, 0.05) is 45.3 Å². The van der Waals surface area contributed by atoms with Crippen molar-refractivity contribution < 1.29 is 9.90 Å². The van der Waals surface area contributed by atoms with E-state index < -0.39 is 6.09 Å². The molecule has 1 aliphatic rings. The zero-order valence-electron chi connectivity index (χ0n) is 13.8. The molecule has 1 aromatic rings. The molecule has 1 fully saturated rings. The van der Waals surface area contributed by atoms with Gasteiger partial charge >= 0.3 is 6.09 Å². The summed E-state index contributed by atoms with van der Waals surface area (Å²) in [6.07, 6.45) is -0.861. The van der Waals surface area contributed by atoms with E-state index in [9.17, 15) is 4.79 Å². The Morgan fingerprint density at radius 3 is 2.45 bits per heavy atom. The van der Waals surface area contributed by atoms with E-state index in [0.29, 0.717) is 32.7 Å². The van der Waals surface area contributed by atoms with Gasteiger partial charge in [-0.3, -0.25) is 4.68 Å². The highest BCUT2D eigenvalue weighted by Crippen LogP contribution is 2.29. The van der Waals surface area contributed by atoms with Gasteiger partial charge in [-0.25, -0.2) is 4.79 Å². The second-order valence-electron chi connectivity index (χ2n) is 6.51. The van der Waals surface area contributed by atoms with E-state index in [1.165, 1.54) is 4.90 Å². The molecule has 0 radical (unpaired) electrons. The third-order valence-corrected chi connectivity index (χ3v) is 3.89. The molecule has 124 valence electrons. The first kappa shape index (κ1) is 16.4. The standard InChI is InChI=1S/C14H26N6O2/c1-10-11(16-9-14(2,3)15)12(17-18(10)4)19-5-7-20(8-6-19)13(21)22/h16H,5-9,15H2,1-4H3,(H,21,22). The normalized spacial score (nSPS) is 16.0. The largest absolute Gasteiger partial charge is 0.465 e. The van der Waals surface area contributed by atoms with Gasteiger partial charge in [-0.1, -0.05) is 0 Å². The Morgan fingerprint density at radius 1 is 1.36 bits per heavy atom. The number of aromatic nitrogens is 2. The highest BCUT2D eigenvalue weighted by molar-refractivity contribution is 5.70. The van der Waals surface area contributed by atoms with Crippen molar-refractivity contribution in [2.75, 3.05) is 42.9 Å². The summed E-state index contributed by atoms with van der Waals surface area (Å²) in [6, 6.07) is 0. The number of carboxylic acid groups (broad SMARTS) is 1. The second-order valence-corrected chi connectivity index (χ2v) is 6.51. The Hall–Kier alpha value is -1.96. The number of rotatable bonds is 4. The van der Waals surface area contributed by atoms with Gasteiger partial charge < -0.3 is 26.0 Å². The average Bonchev–Trinajstić information content (AvgIpc) is 2.72. The van der Waals surface area contributed by atoms with Crippen LogP contribution in [-0.2, 0) is 7.05 Å². The monoisotopic (exact) mass is 310 g/mol. The zero-order chi connectivity index (χ0) is 16.5. The molecule has 1 saturated heterocycles. The number of nitrogens with two attached hydrogens (primary N) is 1. The SMILES string of the molecule is Cc1c(NCC(C)(C)N)c(N2CCN(C(=O)O)CC2)nn1C. The van der Waals surface area contributed by atoms with Gasteiger partial charge in [0.05, 0.1) is 5.69 Å². The lowest BCUT2D eigenvalue weighted by Crippen LogP contribution is -2.48. The van der Waals surface area contributed by atoms with Crippen LogP contribution < -0.4 is 16.0 Å². The fourth-order valence-electron chi connectivity index (χ4n) is 2.44. The minimum atomic E-state index is -0.861. The van der Waals surface area contributed by atoms with Crippen LogP contribution in [0.3, 0.4) is 0 Å². The molecule has 0 saturated carbocycles. The number of piperazine rings is 1. The van der Waals surface area contributed by atoms with Gasteiger partial charge in [0.25, 0.3) is 0 Å². The number of aryl methyl sites for hydroxylation is 1. The predicted octanol–water partition coefficient (Wildman–Crippen LogP) is 0.678. The van der Waals surface area contributed by atoms with E-state index in [1.54, 1.807) is 0 Å². The lowest BCUT2D eigenvalue weighted by molar-refractivity contribution is 0.142. The number of hydrogen-bond donors (Lipinski definition) is 3. The van der Waals surface area contributed by atoms with Crippen molar-refractivity contribution >= 4 is 17.6 Å². The van der Waals surface area contributed by atoms with Crippen LogP contribution in [0.1, 0.15) is 19.5 Å². The van der Waals surface area contributed by atoms with Gasteiger partial charge in [-0.05, 0) is 20.8 Å². The number of carbonyl (C=O) groups is 1.